The van der Waals surface area contributed by atoms with Gasteiger partial charge in [0.1, 0.15) is 19.9 Å². The molecule has 20 heavy (non-hydrogen) atoms. The summed E-state index contributed by atoms with van der Waals surface area (Å²) in [6, 6.07) is 19.0. The Kier molecular flexibility index (Phi) is 3.40. The van der Waals surface area contributed by atoms with Gasteiger partial charge in [0.25, 0.3) is 0 Å². The second-order valence-corrected chi connectivity index (χ2v) is 10.4. The molecule has 0 saturated carbocycles. The fourth-order valence-electron chi connectivity index (χ4n) is 2.76. The number of epoxide rings is 1. The molecule has 0 unspecified atom stereocenters. The van der Waals surface area contributed by atoms with Crippen LogP contribution < -0.4 is 9.92 Å². The van der Waals surface area contributed by atoms with Gasteiger partial charge < -0.3 is 9.47 Å². The third kappa shape index (κ3) is 2.39. The van der Waals surface area contributed by atoms with Crippen molar-refractivity contribution in [2.75, 3.05) is 7.11 Å². The van der Waals surface area contributed by atoms with Gasteiger partial charge in [-0.25, -0.2) is 0 Å². The number of methoxy groups -OCH3 is 1. The molecule has 1 fully saturated rings. The third-order valence-corrected chi connectivity index (χ3v) is 7.83. The largest absolute Gasteiger partial charge is 0.497 e. The zero-order valence-corrected chi connectivity index (χ0v) is 13.2. The lowest BCUT2D eigenvalue weighted by atomic mass is 10.1. The molecule has 0 spiro atoms. The minimum absolute atomic E-state index is 0.229. The van der Waals surface area contributed by atoms with Crippen LogP contribution in [0.2, 0.25) is 13.1 Å². The number of ether oxygens (including phenoxy) is 2. The van der Waals surface area contributed by atoms with Crippen molar-refractivity contribution in [2.24, 2.45) is 0 Å². The number of hydrogen-bond donors (Lipinski definition) is 0. The summed E-state index contributed by atoms with van der Waals surface area (Å²) in [7, 11) is 0.119. The molecule has 0 radical (unpaired) electrons. The zero-order valence-electron chi connectivity index (χ0n) is 12.2. The molecule has 0 aromatic heterocycles. The molecule has 104 valence electrons. The first-order chi connectivity index (χ1) is 9.63. The maximum absolute atomic E-state index is 6.03. The highest BCUT2D eigenvalue weighted by Gasteiger charge is 2.52. The maximum atomic E-state index is 6.03. The lowest BCUT2D eigenvalue weighted by Gasteiger charge is -2.20. The smallest absolute Gasteiger partial charge is 0.119 e. The Morgan fingerprint density at radius 2 is 1.75 bits per heavy atom. The second-order valence-electron chi connectivity index (χ2n) is 5.84. The van der Waals surface area contributed by atoms with Gasteiger partial charge in [-0.2, -0.15) is 0 Å². The fraction of sp³-hybridized carbons (Fsp3) is 0.294. The van der Waals surface area contributed by atoms with Crippen LogP contribution >= 0.6 is 0 Å². The van der Waals surface area contributed by atoms with Crippen molar-refractivity contribution in [3.63, 3.8) is 0 Å². The quantitative estimate of drug-likeness (QED) is 0.635. The average Bonchev–Trinajstić information content (AvgIpc) is 3.29. The molecule has 1 saturated heterocycles. The maximum Gasteiger partial charge on any atom is 0.119 e. The average molecular weight is 284 g/mol. The monoisotopic (exact) mass is 284 g/mol. The normalized spacial score (nSPS) is 21.6. The first-order valence-electron chi connectivity index (χ1n) is 6.98. The first kappa shape index (κ1) is 13.4. The van der Waals surface area contributed by atoms with Crippen molar-refractivity contribution >= 4 is 13.3 Å². The Hall–Kier alpha value is -1.58. The van der Waals surface area contributed by atoms with Gasteiger partial charge >= 0.3 is 0 Å². The Labute approximate surface area is 121 Å². The van der Waals surface area contributed by atoms with Crippen LogP contribution in [0.1, 0.15) is 11.7 Å². The van der Waals surface area contributed by atoms with Gasteiger partial charge in [0.2, 0.25) is 0 Å². The van der Waals surface area contributed by atoms with E-state index in [0.717, 1.165) is 5.75 Å². The predicted molar refractivity (Wildman–Crippen MR) is 84.2 cm³/mol. The van der Waals surface area contributed by atoms with Crippen LogP contribution in [0.3, 0.4) is 0 Å². The highest BCUT2D eigenvalue weighted by Crippen LogP contribution is 2.44. The van der Waals surface area contributed by atoms with E-state index in [1.54, 1.807) is 7.11 Å². The Morgan fingerprint density at radius 3 is 2.45 bits per heavy atom. The van der Waals surface area contributed by atoms with Crippen LogP contribution in [0.25, 0.3) is 0 Å². The van der Waals surface area contributed by atoms with Crippen molar-refractivity contribution in [3.8, 4) is 5.75 Å². The van der Waals surface area contributed by atoms with Crippen molar-refractivity contribution < 1.29 is 9.47 Å². The molecule has 0 aliphatic carbocycles. The van der Waals surface area contributed by atoms with Gasteiger partial charge in [0, 0.05) is 0 Å². The molecule has 1 aliphatic heterocycles. The first-order valence-corrected chi connectivity index (χ1v) is 10.1. The van der Waals surface area contributed by atoms with E-state index in [1.165, 1.54) is 10.8 Å². The van der Waals surface area contributed by atoms with E-state index in [2.05, 4.69) is 55.6 Å². The fourth-order valence-corrected chi connectivity index (χ4v) is 5.58. The second kappa shape index (κ2) is 5.07. The molecule has 2 nitrogen and oxygen atoms in total. The highest BCUT2D eigenvalue weighted by molar-refractivity contribution is 6.91. The molecule has 3 rings (SSSR count). The lowest BCUT2D eigenvalue weighted by molar-refractivity contribution is 0.396. The summed E-state index contributed by atoms with van der Waals surface area (Å²) in [6.45, 7) is 4.76. The van der Waals surface area contributed by atoms with Gasteiger partial charge in [0.05, 0.1) is 12.8 Å². The summed E-state index contributed by atoms with van der Waals surface area (Å²) >= 11 is 0. The summed E-state index contributed by atoms with van der Waals surface area (Å²) in [5.41, 5.74) is 1.59. The van der Waals surface area contributed by atoms with Gasteiger partial charge in [-0.1, -0.05) is 60.7 Å². The van der Waals surface area contributed by atoms with E-state index in [0.29, 0.717) is 5.73 Å². The van der Waals surface area contributed by atoms with Crippen LogP contribution in [0.4, 0.5) is 0 Å². The van der Waals surface area contributed by atoms with Gasteiger partial charge in [-0.15, -0.1) is 0 Å². The van der Waals surface area contributed by atoms with Crippen LogP contribution in [0, 0.1) is 0 Å². The molecule has 0 bridgehead atoms. The number of benzene rings is 2. The minimum atomic E-state index is -1.58. The van der Waals surface area contributed by atoms with Crippen molar-refractivity contribution in [1.29, 1.82) is 0 Å². The SMILES string of the molecule is COc1cccc([C@@H]2O[C@@H]2[Si](C)(C)c2ccccc2)c1. The Bertz CT molecular complexity index is 595. The number of rotatable bonds is 4. The van der Waals surface area contributed by atoms with E-state index < -0.39 is 8.07 Å². The van der Waals surface area contributed by atoms with Crippen molar-refractivity contribution in [1.82, 2.24) is 0 Å². The zero-order chi connectivity index (χ0) is 14.2. The molecule has 0 N–H and O–H groups in total. The Balaban J connectivity index is 1.81. The molecular formula is C17H20O2Si. The summed E-state index contributed by atoms with van der Waals surface area (Å²) in [4.78, 5) is 0. The van der Waals surface area contributed by atoms with E-state index in [-0.39, 0.29) is 6.10 Å². The van der Waals surface area contributed by atoms with Crippen molar-refractivity contribution in [2.45, 2.75) is 24.9 Å². The van der Waals surface area contributed by atoms with Gasteiger partial charge in [0.15, 0.2) is 0 Å². The topological polar surface area (TPSA) is 21.8 Å². The highest BCUT2D eigenvalue weighted by atomic mass is 28.3. The standard InChI is InChI=1S/C17H20O2Si/c1-18-14-9-7-8-13(12-14)16-17(19-16)20(2,3)15-10-5-4-6-11-15/h4-12,16-17H,1-3H3/t16-,17+/m0/s1. The molecule has 2 aromatic rings. The van der Waals surface area contributed by atoms with Gasteiger partial charge in [-0.05, 0) is 17.7 Å². The van der Waals surface area contributed by atoms with Crippen molar-refractivity contribution in [3.05, 3.63) is 60.2 Å². The molecule has 2 atom stereocenters. The molecule has 1 aliphatic rings. The summed E-state index contributed by atoms with van der Waals surface area (Å²) in [6.07, 6.45) is 0.229. The van der Waals surface area contributed by atoms with E-state index >= 15 is 0 Å². The molecular weight excluding hydrogens is 264 g/mol. The van der Waals surface area contributed by atoms with Gasteiger partial charge in [-0.3, -0.25) is 0 Å². The molecule has 1 heterocycles. The third-order valence-electron chi connectivity index (χ3n) is 4.14. The van der Waals surface area contributed by atoms with Crippen LogP contribution in [-0.4, -0.2) is 20.9 Å². The van der Waals surface area contributed by atoms with E-state index in [1.807, 2.05) is 12.1 Å². The Morgan fingerprint density at radius 1 is 1.00 bits per heavy atom. The van der Waals surface area contributed by atoms with E-state index in [4.69, 9.17) is 9.47 Å². The van der Waals surface area contributed by atoms with Crippen LogP contribution in [-0.2, 0) is 4.74 Å². The molecule has 3 heteroatoms. The summed E-state index contributed by atoms with van der Waals surface area (Å²) in [5.74, 6) is 0.899. The minimum Gasteiger partial charge on any atom is -0.497 e. The predicted octanol–water partition coefficient (Wildman–Crippen LogP) is 3.29. The van der Waals surface area contributed by atoms with Crippen LogP contribution in [0.15, 0.2) is 54.6 Å². The van der Waals surface area contributed by atoms with Crippen LogP contribution in [0.5, 0.6) is 5.75 Å². The summed E-state index contributed by atoms with van der Waals surface area (Å²) in [5, 5.41) is 1.45. The number of hydrogen-bond acceptors (Lipinski definition) is 2. The van der Waals surface area contributed by atoms with E-state index in [9.17, 15) is 0 Å². The molecule has 2 aromatic carbocycles. The lowest BCUT2D eigenvalue weighted by Crippen LogP contribution is -2.47. The molecule has 0 amide bonds. The summed E-state index contributed by atoms with van der Waals surface area (Å²) < 4.78 is 11.3.